The van der Waals surface area contributed by atoms with Gasteiger partial charge in [0.05, 0.1) is 6.20 Å². The van der Waals surface area contributed by atoms with Gasteiger partial charge in [-0.3, -0.25) is 4.79 Å². The van der Waals surface area contributed by atoms with Gasteiger partial charge >= 0.3 is 0 Å². The minimum atomic E-state index is 0.0289. The summed E-state index contributed by atoms with van der Waals surface area (Å²) in [5.41, 5.74) is 1.06. The first-order valence-electron chi connectivity index (χ1n) is 5.26. The Hall–Kier alpha value is -1.12. The van der Waals surface area contributed by atoms with Crippen molar-refractivity contribution in [3.8, 4) is 0 Å². The van der Waals surface area contributed by atoms with Gasteiger partial charge in [-0.2, -0.15) is 0 Å². The lowest BCUT2D eigenvalue weighted by Gasteiger charge is -2.29. The van der Waals surface area contributed by atoms with Crippen molar-refractivity contribution in [3.05, 3.63) is 17.5 Å². The summed E-state index contributed by atoms with van der Waals surface area (Å²) in [6, 6.07) is 0. The Bertz CT molecular complexity index is 374. The van der Waals surface area contributed by atoms with Gasteiger partial charge in [-0.1, -0.05) is 18.0 Å². The maximum atomic E-state index is 11.6. The lowest BCUT2D eigenvalue weighted by Crippen LogP contribution is -2.31. The summed E-state index contributed by atoms with van der Waals surface area (Å²) in [4.78, 5) is 11.6. The normalized spacial score (nSPS) is 24.1. The summed E-state index contributed by atoms with van der Waals surface area (Å²) in [5.74, 6) is 1.36. The van der Waals surface area contributed by atoms with Crippen LogP contribution in [0.5, 0.6) is 0 Å². The summed E-state index contributed by atoms with van der Waals surface area (Å²) in [6.07, 6.45) is 7.55. The minimum absolute atomic E-state index is 0.0289. The number of rotatable bonds is 0. The van der Waals surface area contributed by atoms with Crippen LogP contribution >= 0.6 is 0 Å². The van der Waals surface area contributed by atoms with Crippen LogP contribution in [-0.2, 0) is 16.6 Å². The van der Waals surface area contributed by atoms with Crippen LogP contribution in [0.2, 0.25) is 0 Å². The second kappa shape index (κ2) is 2.69. The van der Waals surface area contributed by atoms with Crippen molar-refractivity contribution < 1.29 is 9.32 Å². The molecule has 3 heteroatoms. The zero-order valence-corrected chi connectivity index (χ0v) is 8.08. The molecule has 0 amide bonds. The van der Waals surface area contributed by atoms with Crippen molar-refractivity contribution >= 4 is 5.78 Å². The van der Waals surface area contributed by atoms with Gasteiger partial charge in [0.15, 0.2) is 0 Å². The summed E-state index contributed by atoms with van der Waals surface area (Å²) >= 11 is 0. The van der Waals surface area contributed by atoms with Gasteiger partial charge in [-0.15, -0.1) is 0 Å². The van der Waals surface area contributed by atoms with Crippen LogP contribution in [-0.4, -0.2) is 10.9 Å². The molecule has 0 saturated heterocycles. The maximum Gasteiger partial charge on any atom is 0.146 e. The van der Waals surface area contributed by atoms with Crippen molar-refractivity contribution in [2.75, 3.05) is 0 Å². The molecule has 14 heavy (non-hydrogen) atoms. The van der Waals surface area contributed by atoms with Gasteiger partial charge < -0.3 is 4.52 Å². The van der Waals surface area contributed by atoms with Crippen molar-refractivity contribution in [3.63, 3.8) is 0 Å². The lowest BCUT2D eigenvalue weighted by atomic mass is 9.72. The summed E-state index contributed by atoms with van der Waals surface area (Å²) in [6.45, 7) is 0. The van der Waals surface area contributed by atoms with Crippen molar-refractivity contribution in [2.45, 2.75) is 43.9 Å². The van der Waals surface area contributed by atoms with Crippen LogP contribution in [0.1, 0.15) is 43.4 Å². The third-order valence-corrected chi connectivity index (χ3v) is 3.61. The van der Waals surface area contributed by atoms with Crippen LogP contribution in [0.25, 0.3) is 0 Å². The average molecular weight is 191 g/mol. The molecule has 0 unspecified atom stereocenters. The van der Waals surface area contributed by atoms with E-state index in [0.29, 0.717) is 18.6 Å². The summed E-state index contributed by atoms with van der Waals surface area (Å²) in [7, 11) is 0. The van der Waals surface area contributed by atoms with E-state index in [4.69, 9.17) is 4.52 Å². The number of nitrogens with zero attached hydrogens (tertiary/aromatic N) is 1. The Morgan fingerprint density at radius 1 is 1.36 bits per heavy atom. The number of carbonyl (C=O) groups excluding carboxylic acids is 1. The fourth-order valence-electron chi connectivity index (χ4n) is 3.01. The highest BCUT2D eigenvalue weighted by Crippen LogP contribution is 2.47. The van der Waals surface area contributed by atoms with E-state index in [-0.39, 0.29) is 5.41 Å². The van der Waals surface area contributed by atoms with E-state index in [1.807, 2.05) is 0 Å². The van der Waals surface area contributed by atoms with E-state index in [9.17, 15) is 4.79 Å². The van der Waals surface area contributed by atoms with Gasteiger partial charge in [0.25, 0.3) is 0 Å². The number of Topliss-reactive ketones (excluding diaryl/α,β-unsaturated/α-hetero) is 1. The number of aromatic nitrogens is 1. The number of hydrogen-bond acceptors (Lipinski definition) is 3. The van der Waals surface area contributed by atoms with Crippen molar-refractivity contribution in [1.82, 2.24) is 5.16 Å². The monoisotopic (exact) mass is 191 g/mol. The van der Waals surface area contributed by atoms with Crippen LogP contribution in [0.3, 0.4) is 0 Å². The highest BCUT2D eigenvalue weighted by atomic mass is 16.5. The van der Waals surface area contributed by atoms with Gasteiger partial charge in [0.2, 0.25) is 0 Å². The van der Waals surface area contributed by atoms with Crippen LogP contribution in [0.4, 0.5) is 0 Å². The molecule has 0 aliphatic heterocycles. The first-order valence-corrected chi connectivity index (χ1v) is 5.26. The van der Waals surface area contributed by atoms with Gasteiger partial charge in [0.1, 0.15) is 11.5 Å². The summed E-state index contributed by atoms with van der Waals surface area (Å²) < 4.78 is 5.34. The second-order valence-electron chi connectivity index (χ2n) is 4.56. The minimum Gasteiger partial charge on any atom is -0.361 e. The molecule has 1 spiro atoms. The Balaban J connectivity index is 2.11. The van der Waals surface area contributed by atoms with Crippen LogP contribution in [0.15, 0.2) is 10.7 Å². The number of fused-ring (bicyclic) bond motifs is 2. The molecule has 1 aromatic rings. The topological polar surface area (TPSA) is 43.1 Å². The third-order valence-electron chi connectivity index (χ3n) is 3.61. The first-order chi connectivity index (χ1) is 6.80. The molecule has 2 aliphatic carbocycles. The highest BCUT2D eigenvalue weighted by molar-refractivity contribution is 5.84. The molecule has 0 N–H and O–H groups in total. The van der Waals surface area contributed by atoms with Crippen LogP contribution in [0, 0.1) is 0 Å². The van der Waals surface area contributed by atoms with E-state index in [2.05, 4.69) is 5.16 Å². The van der Waals surface area contributed by atoms with Gasteiger partial charge in [-0.25, -0.2) is 0 Å². The second-order valence-corrected chi connectivity index (χ2v) is 4.56. The number of ketones is 1. The molecular formula is C11H13NO2. The van der Waals surface area contributed by atoms with Crippen LogP contribution < -0.4 is 0 Å². The SMILES string of the molecule is O=C1Cc2cnoc2C2(CCCC2)C1. The molecule has 74 valence electrons. The lowest BCUT2D eigenvalue weighted by molar-refractivity contribution is -0.120. The predicted molar refractivity (Wildman–Crippen MR) is 50.0 cm³/mol. The van der Waals surface area contributed by atoms with Gasteiger partial charge in [0, 0.05) is 23.8 Å². The number of carbonyl (C=O) groups is 1. The zero-order chi connectivity index (χ0) is 9.60. The molecule has 3 rings (SSSR count). The third kappa shape index (κ3) is 0.982. The Labute approximate surface area is 82.5 Å². The average Bonchev–Trinajstić information content (AvgIpc) is 2.73. The smallest absolute Gasteiger partial charge is 0.146 e. The Morgan fingerprint density at radius 2 is 2.14 bits per heavy atom. The molecule has 1 aromatic heterocycles. The quantitative estimate of drug-likeness (QED) is 0.630. The Morgan fingerprint density at radius 3 is 2.93 bits per heavy atom. The van der Waals surface area contributed by atoms with E-state index in [1.165, 1.54) is 12.8 Å². The Kier molecular flexibility index (Phi) is 1.58. The van der Waals surface area contributed by atoms with E-state index in [1.54, 1.807) is 6.20 Å². The molecule has 0 aromatic carbocycles. The van der Waals surface area contributed by atoms with E-state index < -0.39 is 0 Å². The molecule has 0 atom stereocenters. The molecule has 0 bridgehead atoms. The predicted octanol–water partition coefficient (Wildman–Crippen LogP) is 2.00. The molecular weight excluding hydrogens is 178 g/mol. The highest BCUT2D eigenvalue weighted by Gasteiger charge is 2.45. The standard InChI is InChI=1S/C11H13NO2/c13-9-5-8-7-12-14-10(8)11(6-9)3-1-2-4-11/h7H,1-6H2. The fraction of sp³-hybridized carbons (Fsp3) is 0.636. The molecule has 2 aliphatic rings. The largest absolute Gasteiger partial charge is 0.361 e. The van der Waals surface area contributed by atoms with Gasteiger partial charge in [-0.05, 0) is 12.8 Å². The van der Waals surface area contributed by atoms with Crippen molar-refractivity contribution in [1.29, 1.82) is 0 Å². The maximum absolute atomic E-state index is 11.6. The first kappa shape index (κ1) is 8.21. The summed E-state index contributed by atoms with van der Waals surface area (Å²) in [5, 5.41) is 3.83. The molecule has 1 fully saturated rings. The molecule has 1 saturated carbocycles. The zero-order valence-electron chi connectivity index (χ0n) is 8.08. The molecule has 3 nitrogen and oxygen atoms in total. The number of hydrogen-bond donors (Lipinski definition) is 0. The molecule has 1 heterocycles. The fourth-order valence-corrected chi connectivity index (χ4v) is 3.01. The van der Waals surface area contributed by atoms with E-state index >= 15 is 0 Å². The van der Waals surface area contributed by atoms with Crippen molar-refractivity contribution in [2.24, 2.45) is 0 Å². The van der Waals surface area contributed by atoms with E-state index in [0.717, 1.165) is 24.2 Å². The molecule has 0 radical (unpaired) electrons.